The molecule has 0 bridgehead atoms. The highest BCUT2D eigenvalue weighted by molar-refractivity contribution is 5.68. The van der Waals surface area contributed by atoms with Crippen LogP contribution in [0.15, 0.2) is 18.2 Å². The number of nitrogen functional groups attached to an aromatic ring is 1. The Bertz CT molecular complexity index is 419. The number of nitriles is 1. The Balaban J connectivity index is 1.95. The molecule has 1 saturated heterocycles. The molecule has 1 fully saturated rings. The van der Waals surface area contributed by atoms with Gasteiger partial charge in [-0.1, -0.05) is 0 Å². The van der Waals surface area contributed by atoms with Crippen LogP contribution in [0.1, 0.15) is 18.4 Å². The summed E-state index contributed by atoms with van der Waals surface area (Å²) in [5.41, 5.74) is 8.01. The molecule has 1 unspecified atom stereocenters. The number of hydrogen-bond acceptors (Lipinski definition) is 4. The summed E-state index contributed by atoms with van der Waals surface area (Å²) < 4.78 is 5.42. The summed E-state index contributed by atoms with van der Waals surface area (Å²) in [6.07, 6.45) is 2.31. The van der Waals surface area contributed by atoms with Gasteiger partial charge >= 0.3 is 0 Å². The molecule has 4 nitrogen and oxygen atoms in total. The van der Waals surface area contributed by atoms with Crippen molar-refractivity contribution in [3.8, 4) is 6.07 Å². The summed E-state index contributed by atoms with van der Waals surface area (Å²) >= 11 is 0. The van der Waals surface area contributed by atoms with E-state index in [1.807, 2.05) is 0 Å². The molecule has 0 spiro atoms. The monoisotopic (exact) mass is 231 g/mol. The average Bonchev–Trinajstić information content (AvgIpc) is 2.39. The lowest BCUT2D eigenvalue weighted by Gasteiger charge is -2.23. The fraction of sp³-hybridized carbons (Fsp3) is 0.462. The highest BCUT2D eigenvalue weighted by atomic mass is 16.5. The first-order valence-corrected chi connectivity index (χ1v) is 5.91. The number of nitrogens with two attached hydrogens (primary N) is 1. The second-order valence-corrected chi connectivity index (χ2v) is 4.38. The molecule has 0 aromatic heterocycles. The number of rotatable bonds is 3. The van der Waals surface area contributed by atoms with Crippen molar-refractivity contribution in [3.63, 3.8) is 0 Å². The summed E-state index contributed by atoms with van der Waals surface area (Å²) in [4.78, 5) is 0. The molecule has 0 saturated carbocycles. The third-order valence-corrected chi connectivity index (χ3v) is 3.02. The number of nitrogens with one attached hydrogen (secondary N) is 1. The molecule has 2 rings (SSSR count). The zero-order chi connectivity index (χ0) is 12.1. The van der Waals surface area contributed by atoms with E-state index in [1.54, 1.807) is 18.2 Å². The van der Waals surface area contributed by atoms with Crippen molar-refractivity contribution in [2.45, 2.75) is 12.8 Å². The SMILES string of the molecule is N#Cc1ccc(N)c(NCC2CCCOC2)c1. The van der Waals surface area contributed by atoms with Crippen molar-refractivity contribution in [2.75, 3.05) is 30.8 Å². The van der Waals surface area contributed by atoms with E-state index in [1.165, 1.54) is 6.42 Å². The van der Waals surface area contributed by atoms with Crippen LogP contribution in [-0.2, 0) is 4.74 Å². The summed E-state index contributed by atoms with van der Waals surface area (Å²) in [5, 5.41) is 12.1. The van der Waals surface area contributed by atoms with Gasteiger partial charge < -0.3 is 15.8 Å². The van der Waals surface area contributed by atoms with Gasteiger partial charge in [-0.05, 0) is 37.0 Å². The lowest BCUT2D eigenvalue weighted by Crippen LogP contribution is -2.24. The molecule has 1 aliphatic heterocycles. The van der Waals surface area contributed by atoms with Crippen LogP contribution in [-0.4, -0.2) is 19.8 Å². The number of benzene rings is 1. The molecule has 1 heterocycles. The van der Waals surface area contributed by atoms with Gasteiger partial charge in [-0.15, -0.1) is 0 Å². The van der Waals surface area contributed by atoms with Crippen molar-refractivity contribution in [1.29, 1.82) is 5.26 Å². The number of nitrogens with zero attached hydrogens (tertiary/aromatic N) is 1. The number of hydrogen-bond donors (Lipinski definition) is 2. The molecule has 1 aliphatic rings. The molecular weight excluding hydrogens is 214 g/mol. The molecule has 3 N–H and O–H groups in total. The maximum Gasteiger partial charge on any atom is 0.0992 e. The molecule has 90 valence electrons. The van der Waals surface area contributed by atoms with Crippen molar-refractivity contribution in [2.24, 2.45) is 5.92 Å². The number of ether oxygens (including phenoxy) is 1. The topological polar surface area (TPSA) is 71.1 Å². The Labute approximate surface area is 101 Å². The highest BCUT2D eigenvalue weighted by Crippen LogP contribution is 2.21. The van der Waals surface area contributed by atoms with Crippen molar-refractivity contribution in [3.05, 3.63) is 23.8 Å². The van der Waals surface area contributed by atoms with E-state index in [9.17, 15) is 0 Å². The largest absolute Gasteiger partial charge is 0.397 e. The molecule has 1 atom stereocenters. The minimum absolute atomic E-state index is 0.536. The minimum atomic E-state index is 0.536. The molecule has 4 heteroatoms. The lowest BCUT2D eigenvalue weighted by molar-refractivity contribution is 0.0595. The minimum Gasteiger partial charge on any atom is -0.397 e. The average molecular weight is 231 g/mol. The Morgan fingerprint density at radius 3 is 3.12 bits per heavy atom. The van der Waals surface area contributed by atoms with Gasteiger partial charge in [0.05, 0.1) is 29.6 Å². The molecule has 0 amide bonds. The lowest BCUT2D eigenvalue weighted by atomic mass is 10.0. The maximum absolute atomic E-state index is 8.83. The second-order valence-electron chi connectivity index (χ2n) is 4.38. The van der Waals surface area contributed by atoms with E-state index in [0.717, 1.165) is 31.9 Å². The van der Waals surface area contributed by atoms with Crippen LogP contribution in [0.2, 0.25) is 0 Å². The predicted octanol–water partition coefficient (Wildman–Crippen LogP) is 1.98. The quantitative estimate of drug-likeness (QED) is 0.780. The Kier molecular flexibility index (Phi) is 3.84. The maximum atomic E-state index is 8.83. The standard InChI is InChI=1S/C13H17N3O/c14-7-10-3-4-12(15)13(6-10)16-8-11-2-1-5-17-9-11/h3-4,6,11,16H,1-2,5,8-9,15H2. The van der Waals surface area contributed by atoms with Crippen LogP contribution in [0.25, 0.3) is 0 Å². The van der Waals surface area contributed by atoms with Gasteiger partial charge in [-0.25, -0.2) is 0 Å². The first-order valence-electron chi connectivity index (χ1n) is 5.91. The van der Waals surface area contributed by atoms with E-state index in [-0.39, 0.29) is 0 Å². The normalized spacial score (nSPS) is 19.6. The van der Waals surface area contributed by atoms with Crippen LogP contribution >= 0.6 is 0 Å². The van der Waals surface area contributed by atoms with E-state index in [0.29, 0.717) is 17.2 Å². The van der Waals surface area contributed by atoms with Crippen LogP contribution in [0.4, 0.5) is 11.4 Å². The van der Waals surface area contributed by atoms with Crippen LogP contribution in [0.5, 0.6) is 0 Å². The van der Waals surface area contributed by atoms with E-state index < -0.39 is 0 Å². The third-order valence-electron chi connectivity index (χ3n) is 3.02. The van der Waals surface area contributed by atoms with Crippen molar-refractivity contribution < 1.29 is 4.74 Å². The van der Waals surface area contributed by atoms with E-state index >= 15 is 0 Å². The van der Waals surface area contributed by atoms with E-state index in [2.05, 4.69) is 11.4 Å². The Morgan fingerprint density at radius 1 is 1.53 bits per heavy atom. The van der Waals surface area contributed by atoms with Crippen LogP contribution < -0.4 is 11.1 Å². The molecule has 1 aromatic carbocycles. The van der Waals surface area contributed by atoms with Gasteiger partial charge in [0, 0.05) is 13.2 Å². The van der Waals surface area contributed by atoms with Crippen molar-refractivity contribution in [1.82, 2.24) is 0 Å². The molecule has 0 aliphatic carbocycles. The van der Waals surface area contributed by atoms with Gasteiger partial charge in [-0.2, -0.15) is 5.26 Å². The first kappa shape index (κ1) is 11.7. The summed E-state index contributed by atoms with van der Waals surface area (Å²) in [5.74, 6) is 0.536. The smallest absolute Gasteiger partial charge is 0.0992 e. The van der Waals surface area contributed by atoms with Crippen LogP contribution in [0.3, 0.4) is 0 Å². The van der Waals surface area contributed by atoms with Gasteiger partial charge in [0.1, 0.15) is 0 Å². The van der Waals surface area contributed by atoms with E-state index in [4.69, 9.17) is 15.7 Å². The zero-order valence-corrected chi connectivity index (χ0v) is 9.78. The second kappa shape index (κ2) is 5.55. The highest BCUT2D eigenvalue weighted by Gasteiger charge is 2.13. The summed E-state index contributed by atoms with van der Waals surface area (Å²) in [7, 11) is 0. The molecule has 17 heavy (non-hydrogen) atoms. The molecular formula is C13H17N3O. The van der Waals surface area contributed by atoms with Gasteiger partial charge in [0.25, 0.3) is 0 Å². The summed E-state index contributed by atoms with van der Waals surface area (Å²) in [6, 6.07) is 7.39. The first-order chi connectivity index (χ1) is 8.29. The van der Waals surface area contributed by atoms with Gasteiger partial charge in [-0.3, -0.25) is 0 Å². The van der Waals surface area contributed by atoms with Gasteiger partial charge in [0.2, 0.25) is 0 Å². The fourth-order valence-electron chi connectivity index (χ4n) is 2.00. The van der Waals surface area contributed by atoms with Crippen LogP contribution in [0, 0.1) is 17.2 Å². The predicted molar refractivity (Wildman–Crippen MR) is 67.6 cm³/mol. The van der Waals surface area contributed by atoms with Crippen molar-refractivity contribution >= 4 is 11.4 Å². The summed E-state index contributed by atoms with van der Waals surface area (Å²) in [6.45, 7) is 2.53. The molecule has 1 aromatic rings. The molecule has 0 radical (unpaired) electrons. The zero-order valence-electron chi connectivity index (χ0n) is 9.78. The Morgan fingerprint density at radius 2 is 2.41 bits per heavy atom. The fourth-order valence-corrected chi connectivity index (χ4v) is 2.00. The van der Waals surface area contributed by atoms with Gasteiger partial charge in [0.15, 0.2) is 0 Å². The third kappa shape index (κ3) is 3.11. The Hall–Kier alpha value is -1.73. The number of anilines is 2.